The van der Waals surface area contributed by atoms with Crippen LogP contribution in [0.15, 0.2) is 34.5 Å². The molecule has 0 bridgehead atoms. The zero-order valence-corrected chi connectivity index (χ0v) is 11.1. The highest BCUT2D eigenvalue weighted by Crippen LogP contribution is 2.15. The summed E-state index contributed by atoms with van der Waals surface area (Å²) in [6.07, 6.45) is 1.39. The number of nitrogens with one attached hydrogen (secondary N) is 2. The van der Waals surface area contributed by atoms with E-state index in [9.17, 15) is 0 Å². The van der Waals surface area contributed by atoms with Gasteiger partial charge in [0.1, 0.15) is 9.98 Å². The average molecular weight is 274 g/mol. The van der Waals surface area contributed by atoms with E-state index in [1.165, 1.54) is 0 Å². The Morgan fingerprint density at radius 1 is 0.889 bits per heavy atom. The maximum absolute atomic E-state index is 5.08. The molecule has 0 fully saturated rings. The third-order valence-corrected chi connectivity index (χ3v) is 3.29. The van der Waals surface area contributed by atoms with Crippen molar-refractivity contribution in [3.8, 4) is 0 Å². The standard InChI is InChI=1S/C12H10N4S2/c17-11-5-9(13-15-11)7-2-1-3-8(4-7)10-6-12(18)16-14-10/h1-4H,5-6H2,(H,15,17)(H,16,18). The molecular weight excluding hydrogens is 264 g/mol. The Morgan fingerprint density at radius 3 is 1.78 bits per heavy atom. The van der Waals surface area contributed by atoms with Crippen molar-refractivity contribution in [2.45, 2.75) is 12.8 Å². The first kappa shape index (κ1) is 11.4. The number of hydrazone groups is 2. The van der Waals surface area contributed by atoms with Gasteiger partial charge in [-0.1, -0.05) is 42.6 Å². The van der Waals surface area contributed by atoms with Gasteiger partial charge in [0.2, 0.25) is 0 Å². The predicted molar refractivity (Wildman–Crippen MR) is 80.2 cm³/mol. The van der Waals surface area contributed by atoms with Crippen LogP contribution in [0.1, 0.15) is 24.0 Å². The second kappa shape index (κ2) is 4.55. The van der Waals surface area contributed by atoms with Crippen molar-refractivity contribution in [1.82, 2.24) is 10.9 Å². The quantitative estimate of drug-likeness (QED) is 0.807. The maximum atomic E-state index is 5.08. The van der Waals surface area contributed by atoms with Crippen LogP contribution in [0.3, 0.4) is 0 Å². The molecule has 0 saturated carbocycles. The molecule has 3 rings (SSSR count). The third kappa shape index (κ3) is 2.16. The van der Waals surface area contributed by atoms with Gasteiger partial charge in [-0.05, 0) is 17.2 Å². The summed E-state index contributed by atoms with van der Waals surface area (Å²) < 4.78 is 0. The molecule has 0 saturated heterocycles. The molecule has 4 nitrogen and oxygen atoms in total. The third-order valence-electron chi connectivity index (χ3n) is 2.82. The fraction of sp³-hybridized carbons (Fsp3) is 0.167. The van der Waals surface area contributed by atoms with Gasteiger partial charge in [-0.3, -0.25) is 10.9 Å². The zero-order chi connectivity index (χ0) is 12.5. The molecule has 0 radical (unpaired) electrons. The monoisotopic (exact) mass is 274 g/mol. The van der Waals surface area contributed by atoms with Crippen molar-refractivity contribution in [1.29, 1.82) is 0 Å². The molecule has 0 atom stereocenters. The minimum atomic E-state index is 0.696. The number of nitrogens with zero attached hydrogens (tertiary/aromatic N) is 2. The Labute approximate surface area is 115 Å². The molecule has 0 aromatic heterocycles. The molecule has 0 unspecified atom stereocenters. The Kier molecular flexibility index (Phi) is 2.89. The second-order valence-electron chi connectivity index (χ2n) is 4.12. The Balaban J connectivity index is 1.90. The van der Waals surface area contributed by atoms with E-state index in [0.29, 0.717) is 12.8 Å². The van der Waals surface area contributed by atoms with Gasteiger partial charge in [0.25, 0.3) is 0 Å². The molecule has 2 aliphatic rings. The van der Waals surface area contributed by atoms with E-state index in [4.69, 9.17) is 24.4 Å². The Morgan fingerprint density at radius 2 is 1.39 bits per heavy atom. The first-order chi connectivity index (χ1) is 8.72. The van der Waals surface area contributed by atoms with Gasteiger partial charge >= 0.3 is 0 Å². The molecule has 0 aliphatic carbocycles. The van der Waals surface area contributed by atoms with Gasteiger partial charge in [-0.25, -0.2) is 0 Å². The Hall–Kier alpha value is -1.66. The largest absolute Gasteiger partial charge is 0.271 e. The van der Waals surface area contributed by atoms with E-state index in [1.807, 2.05) is 18.2 Å². The smallest absolute Gasteiger partial charge is 0.102 e. The Bertz CT molecular complexity index is 555. The lowest BCUT2D eigenvalue weighted by molar-refractivity contribution is 1.07. The van der Waals surface area contributed by atoms with Crippen LogP contribution in [-0.4, -0.2) is 21.4 Å². The predicted octanol–water partition coefficient (Wildman–Crippen LogP) is 1.74. The van der Waals surface area contributed by atoms with E-state index < -0.39 is 0 Å². The highest BCUT2D eigenvalue weighted by Gasteiger charge is 2.17. The summed E-state index contributed by atoms with van der Waals surface area (Å²) in [7, 11) is 0. The van der Waals surface area contributed by atoms with E-state index in [-0.39, 0.29) is 0 Å². The number of hydrogen-bond acceptors (Lipinski definition) is 4. The van der Waals surface area contributed by atoms with Crippen molar-refractivity contribution in [3.63, 3.8) is 0 Å². The molecule has 90 valence electrons. The summed E-state index contributed by atoms with van der Waals surface area (Å²) >= 11 is 10.2. The first-order valence-corrected chi connectivity index (χ1v) is 6.35. The first-order valence-electron chi connectivity index (χ1n) is 5.54. The minimum absolute atomic E-state index is 0.696. The van der Waals surface area contributed by atoms with Crippen molar-refractivity contribution >= 4 is 45.8 Å². The van der Waals surface area contributed by atoms with E-state index in [0.717, 1.165) is 32.5 Å². The number of hydrogen-bond donors (Lipinski definition) is 2. The molecule has 18 heavy (non-hydrogen) atoms. The van der Waals surface area contributed by atoms with Gasteiger partial charge in [-0.2, -0.15) is 10.2 Å². The molecule has 0 spiro atoms. The van der Waals surface area contributed by atoms with Crippen LogP contribution in [0, 0.1) is 0 Å². The number of thiocarbonyl (C=S) groups is 2. The fourth-order valence-corrected chi connectivity index (χ4v) is 2.30. The SMILES string of the molecule is S=C1CC(c2cccc(C3=NNC(=S)C3)c2)=NN1. The van der Waals surface area contributed by atoms with Crippen molar-refractivity contribution in [3.05, 3.63) is 35.4 Å². The highest BCUT2D eigenvalue weighted by atomic mass is 32.1. The lowest BCUT2D eigenvalue weighted by Gasteiger charge is -2.03. The number of benzene rings is 1. The summed E-state index contributed by atoms with van der Waals surface area (Å²) in [6, 6.07) is 8.12. The van der Waals surface area contributed by atoms with Crippen LogP contribution in [0.4, 0.5) is 0 Å². The molecule has 2 heterocycles. The molecule has 1 aromatic carbocycles. The van der Waals surface area contributed by atoms with Gasteiger partial charge in [0, 0.05) is 12.8 Å². The molecule has 6 heteroatoms. The molecule has 2 aliphatic heterocycles. The van der Waals surface area contributed by atoms with E-state index in [2.05, 4.69) is 27.1 Å². The topological polar surface area (TPSA) is 48.8 Å². The molecule has 2 N–H and O–H groups in total. The van der Waals surface area contributed by atoms with Crippen LogP contribution >= 0.6 is 24.4 Å². The maximum Gasteiger partial charge on any atom is 0.102 e. The molecular formula is C12H10N4S2. The van der Waals surface area contributed by atoms with Crippen LogP contribution in [0.5, 0.6) is 0 Å². The van der Waals surface area contributed by atoms with Crippen LogP contribution in [0.2, 0.25) is 0 Å². The highest BCUT2D eigenvalue weighted by molar-refractivity contribution is 7.80. The van der Waals surface area contributed by atoms with Crippen molar-refractivity contribution in [2.75, 3.05) is 0 Å². The molecule has 0 amide bonds. The van der Waals surface area contributed by atoms with Crippen LogP contribution in [-0.2, 0) is 0 Å². The van der Waals surface area contributed by atoms with Gasteiger partial charge in [0.05, 0.1) is 11.4 Å². The summed E-state index contributed by atoms with van der Waals surface area (Å²) in [5.41, 5.74) is 9.72. The van der Waals surface area contributed by atoms with Crippen LogP contribution in [0.25, 0.3) is 0 Å². The normalized spacial score (nSPS) is 18.2. The lowest BCUT2D eigenvalue weighted by Crippen LogP contribution is -2.07. The second-order valence-corrected chi connectivity index (χ2v) is 5.11. The zero-order valence-electron chi connectivity index (χ0n) is 9.43. The average Bonchev–Trinajstić information content (AvgIpc) is 2.98. The van der Waals surface area contributed by atoms with E-state index >= 15 is 0 Å². The van der Waals surface area contributed by atoms with E-state index in [1.54, 1.807) is 0 Å². The summed E-state index contributed by atoms with van der Waals surface area (Å²) in [4.78, 5) is 1.52. The summed E-state index contributed by atoms with van der Waals surface area (Å²) in [6.45, 7) is 0. The summed E-state index contributed by atoms with van der Waals surface area (Å²) in [5, 5.41) is 8.43. The van der Waals surface area contributed by atoms with Crippen molar-refractivity contribution < 1.29 is 0 Å². The molecule has 1 aromatic rings. The van der Waals surface area contributed by atoms with Gasteiger partial charge < -0.3 is 0 Å². The number of rotatable bonds is 2. The van der Waals surface area contributed by atoms with Crippen molar-refractivity contribution in [2.24, 2.45) is 10.2 Å². The fourth-order valence-electron chi connectivity index (χ4n) is 1.93. The van der Waals surface area contributed by atoms with Gasteiger partial charge in [0.15, 0.2) is 0 Å². The summed E-state index contributed by atoms with van der Waals surface area (Å²) in [5.74, 6) is 0. The van der Waals surface area contributed by atoms with Gasteiger partial charge in [-0.15, -0.1) is 0 Å². The minimum Gasteiger partial charge on any atom is -0.271 e. The lowest BCUT2D eigenvalue weighted by atomic mass is 10.0. The van der Waals surface area contributed by atoms with Crippen LogP contribution < -0.4 is 10.9 Å².